The number of nitrogens with two attached hydrogens (primary N) is 1. The molecule has 0 radical (unpaired) electrons. The average Bonchev–Trinajstić information content (AvgIpc) is 2.33. The normalized spacial score (nSPS) is 15.9. The Bertz CT molecular complexity index is 250. The van der Waals surface area contributed by atoms with Crippen LogP contribution in [0.1, 0.15) is 39.0 Å². The fourth-order valence-corrected chi connectivity index (χ4v) is 2.69. The number of aliphatic hydroxyl groups excluding tert-OH is 1. The molecule has 0 amide bonds. The standard InChI is InChI=1S/C12H23NO4S/c1-2-3-4-5-10(15)11(6-7-14)18-8-9(13)12(16)17/h7,9-11,15H,2-6,8,13H2,1H3,(H,16,17)/t9-,10+,11-/m0/s1. The molecule has 0 aliphatic heterocycles. The Hall–Kier alpha value is -0.590. The number of carboxylic acid groups (broad SMARTS) is 1. The van der Waals surface area contributed by atoms with E-state index in [4.69, 9.17) is 10.8 Å². The predicted octanol–water partition coefficient (Wildman–Crippen LogP) is 1.03. The van der Waals surface area contributed by atoms with Gasteiger partial charge in [0.1, 0.15) is 12.3 Å². The van der Waals surface area contributed by atoms with Crippen LogP contribution in [0.2, 0.25) is 0 Å². The van der Waals surface area contributed by atoms with E-state index in [1.165, 1.54) is 11.8 Å². The van der Waals surface area contributed by atoms with Crippen molar-refractivity contribution in [2.75, 3.05) is 5.75 Å². The Morgan fingerprint density at radius 3 is 2.61 bits per heavy atom. The van der Waals surface area contributed by atoms with Crippen LogP contribution in [0.25, 0.3) is 0 Å². The topological polar surface area (TPSA) is 101 Å². The van der Waals surface area contributed by atoms with Crippen molar-refractivity contribution in [2.45, 2.75) is 56.4 Å². The largest absolute Gasteiger partial charge is 0.480 e. The van der Waals surface area contributed by atoms with E-state index in [1.54, 1.807) is 0 Å². The number of hydrogen-bond donors (Lipinski definition) is 3. The number of aldehydes is 1. The van der Waals surface area contributed by atoms with Crippen molar-refractivity contribution >= 4 is 24.0 Å². The molecule has 18 heavy (non-hydrogen) atoms. The molecule has 3 atom stereocenters. The van der Waals surface area contributed by atoms with Crippen LogP contribution < -0.4 is 5.73 Å². The van der Waals surface area contributed by atoms with E-state index in [1.807, 2.05) is 0 Å². The van der Waals surface area contributed by atoms with Crippen LogP contribution in [0.15, 0.2) is 0 Å². The molecule has 4 N–H and O–H groups in total. The van der Waals surface area contributed by atoms with Crippen molar-refractivity contribution in [2.24, 2.45) is 5.73 Å². The summed E-state index contributed by atoms with van der Waals surface area (Å²) in [5.74, 6) is -0.855. The molecular weight excluding hydrogens is 254 g/mol. The van der Waals surface area contributed by atoms with Gasteiger partial charge >= 0.3 is 5.97 Å². The first-order valence-electron chi connectivity index (χ1n) is 6.24. The Balaban J connectivity index is 4.10. The molecule has 0 aliphatic carbocycles. The van der Waals surface area contributed by atoms with Gasteiger partial charge in [-0.15, -0.1) is 0 Å². The van der Waals surface area contributed by atoms with Crippen molar-refractivity contribution in [1.82, 2.24) is 0 Å². The summed E-state index contributed by atoms with van der Waals surface area (Å²) in [5.41, 5.74) is 5.39. The highest BCUT2D eigenvalue weighted by Crippen LogP contribution is 2.22. The molecule has 0 aromatic carbocycles. The van der Waals surface area contributed by atoms with Gasteiger partial charge in [0.25, 0.3) is 0 Å². The SMILES string of the molecule is CCCCC[C@@H](O)[C@H](CC=O)SC[C@H](N)C(=O)O. The van der Waals surface area contributed by atoms with Crippen LogP contribution in [-0.2, 0) is 9.59 Å². The Morgan fingerprint density at radius 1 is 1.44 bits per heavy atom. The number of rotatable bonds is 11. The van der Waals surface area contributed by atoms with Gasteiger partial charge in [0.15, 0.2) is 0 Å². The fourth-order valence-electron chi connectivity index (χ4n) is 1.52. The van der Waals surface area contributed by atoms with E-state index in [0.717, 1.165) is 25.5 Å². The van der Waals surface area contributed by atoms with E-state index < -0.39 is 18.1 Å². The van der Waals surface area contributed by atoms with Gasteiger partial charge in [0.05, 0.1) is 6.10 Å². The smallest absolute Gasteiger partial charge is 0.321 e. The second kappa shape index (κ2) is 10.3. The second-order valence-electron chi connectivity index (χ2n) is 4.28. The minimum Gasteiger partial charge on any atom is -0.480 e. The molecule has 106 valence electrons. The van der Waals surface area contributed by atoms with Gasteiger partial charge in [0.2, 0.25) is 0 Å². The third-order valence-corrected chi connectivity index (χ3v) is 4.15. The van der Waals surface area contributed by atoms with Crippen LogP contribution >= 0.6 is 11.8 Å². The zero-order valence-electron chi connectivity index (χ0n) is 10.7. The number of unbranched alkanes of at least 4 members (excludes halogenated alkanes) is 2. The Labute approximate surface area is 112 Å². The van der Waals surface area contributed by atoms with Gasteiger partial charge in [-0.2, -0.15) is 11.8 Å². The number of carbonyl (C=O) groups excluding carboxylic acids is 1. The lowest BCUT2D eigenvalue weighted by Crippen LogP contribution is -2.34. The van der Waals surface area contributed by atoms with E-state index in [9.17, 15) is 14.7 Å². The molecule has 0 bridgehead atoms. The summed E-state index contributed by atoms with van der Waals surface area (Å²) < 4.78 is 0. The predicted molar refractivity (Wildman–Crippen MR) is 72.7 cm³/mol. The van der Waals surface area contributed by atoms with Gasteiger partial charge in [-0.05, 0) is 6.42 Å². The maximum Gasteiger partial charge on any atom is 0.321 e. The van der Waals surface area contributed by atoms with Gasteiger partial charge < -0.3 is 20.7 Å². The molecule has 0 rings (SSSR count). The van der Waals surface area contributed by atoms with E-state index >= 15 is 0 Å². The lowest BCUT2D eigenvalue weighted by atomic mass is 10.1. The number of carboxylic acids is 1. The second-order valence-corrected chi connectivity index (χ2v) is 5.55. The van der Waals surface area contributed by atoms with Gasteiger partial charge in [0, 0.05) is 17.4 Å². The zero-order valence-corrected chi connectivity index (χ0v) is 11.6. The molecule has 0 spiro atoms. The Morgan fingerprint density at radius 2 is 2.11 bits per heavy atom. The third kappa shape index (κ3) is 7.68. The van der Waals surface area contributed by atoms with Crippen LogP contribution in [-0.4, -0.2) is 45.6 Å². The molecule has 0 unspecified atom stereocenters. The highest BCUT2D eigenvalue weighted by atomic mass is 32.2. The highest BCUT2D eigenvalue weighted by Gasteiger charge is 2.21. The minimum atomic E-state index is -1.06. The van der Waals surface area contributed by atoms with Crippen LogP contribution in [0.3, 0.4) is 0 Å². The molecule has 0 saturated carbocycles. The van der Waals surface area contributed by atoms with E-state index in [-0.39, 0.29) is 17.4 Å². The molecule has 0 aromatic heterocycles. The molecule has 0 aliphatic rings. The summed E-state index contributed by atoms with van der Waals surface area (Å²) in [6, 6.07) is -0.952. The van der Waals surface area contributed by atoms with Gasteiger partial charge in [-0.3, -0.25) is 4.79 Å². The van der Waals surface area contributed by atoms with Crippen molar-refractivity contribution in [1.29, 1.82) is 0 Å². The highest BCUT2D eigenvalue weighted by molar-refractivity contribution is 8.00. The van der Waals surface area contributed by atoms with Gasteiger partial charge in [-0.25, -0.2) is 0 Å². The van der Waals surface area contributed by atoms with Crippen LogP contribution in [0.4, 0.5) is 0 Å². The summed E-state index contributed by atoms with van der Waals surface area (Å²) in [7, 11) is 0. The molecule has 6 heteroatoms. The first kappa shape index (κ1) is 17.4. The fraction of sp³-hybridized carbons (Fsp3) is 0.833. The van der Waals surface area contributed by atoms with E-state index in [2.05, 4.69) is 6.92 Å². The summed E-state index contributed by atoms with van der Waals surface area (Å²) in [6.45, 7) is 2.08. The first-order chi connectivity index (χ1) is 8.52. The minimum absolute atomic E-state index is 0.207. The Kier molecular flexibility index (Phi) is 10.0. The zero-order chi connectivity index (χ0) is 14.0. The van der Waals surface area contributed by atoms with Crippen LogP contribution in [0.5, 0.6) is 0 Å². The molecule has 0 heterocycles. The summed E-state index contributed by atoms with van der Waals surface area (Å²) >= 11 is 1.26. The van der Waals surface area contributed by atoms with Gasteiger partial charge in [-0.1, -0.05) is 26.2 Å². The lowest BCUT2D eigenvalue weighted by molar-refractivity contribution is -0.137. The van der Waals surface area contributed by atoms with Crippen molar-refractivity contribution in [3.63, 3.8) is 0 Å². The van der Waals surface area contributed by atoms with Crippen molar-refractivity contribution < 1.29 is 19.8 Å². The number of thioether (sulfide) groups is 1. The number of aliphatic carboxylic acids is 1. The lowest BCUT2D eigenvalue weighted by Gasteiger charge is -2.21. The quantitative estimate of drug-likeness (QED) is 0.385. The molecule has 0 fully saturated rings. The number of aliphatic hydroxyl groups is 1. The average molecular weight is 277 g/mol. The third-order valence-electron chi connectivity index (χ3n) is 2.67. The molecular formula is C12H23NO4S. The number of hydrogen-bond acceptors (Lipinski definition) is 5. The van der Waals surface area contributed by atoms with Crippen LogP contribution in [0, 0.1) is 0 Å². The summed E-state index contributed by atoms with van der Waals surface area (Å²) in [5, 5.41) is 18.4. The molecule has 0 saturated heterocycles. The molecule has 5 nitrogen and oxygen atoms in total. The first-order valence-corrected chi connectivity index (χ1v) is 7.29. The summed E-state index contributed by atoms with van der Waals surface area (Å²) in [4.78, 5) is 21.1. The number of carbonyl (C=O) groups is 2. The maximum atomic E-state index is 10.6. The van der Waals surface area contributed by atoms with Crippen molar-refractivity contribution in [3.05, 3.63) is 0 Å². The maximum absolute atomic E-state index is 10.6. The summed E-state index contributed by atoms with van der Waals surface area (Å²) in [6.07, 6.45) is 4.08. The molecule has 0 aromatic rings. The van der Waals surface area contributed by atoms with E-state index in [0.29, 0.717) is 6.42 Å². The monoisotopic (exact) mass is 277 g/mol. The van der Waals surface area contributed by atoms with Crippen molar-refractivity contribution in [3.8, 4) is 0 Å².